The number of aryl methyl sites for hydroxylation is 1. The maximum atomic E-state index is 13.0. The first kappa shape index (κ1) is 17.5. The van der Waals surface area contributed by atoms with Crippen LogP contribution in [-0.2, 0) is 4.79 Å². The van der Waals surface area contributed by atoms with Gasteiger partial charge in [-0.2, -0.15) is 0 Å². The molecule has 1 amide bonds. The Bertz CT molecular complexity index is 965. The Morgan fingerprint density at radius 1 is 1.19 bits per heavy atom. The van der Waals surface area contributed by atoms with Crippen LogP contribution >= 0.6 is 11.3 Å². The van der Waals surface area contributed by atoms with E-state index in [1.165, 1.54) is 11.3 Å². The largest absolute Gasteiger partial charge is 0.481 e. The summed E-state index contributed by atoms with van der Waals surface area (Å²) in [7, 11) is 0. The van der Waals surface area contributed by atoms with Crippen molar-refractivity contribution in [1.29, 1.82) is 0 Å². The predicted molar refractivity (Wildman–Crippen MR) is 101 cm³/mol. The number of furan rings is 1. The maximum Gasteiger partial charge on any atom is 0.308 e. The Morgan fingerprint density at radius 2 is 1.96 bits per heavy atom. The second-order valence-corrected chi connectivity index (χ2v) is 7.78. The van der Waals surface area contributed by atoms with Crippen LogP contribution in [0.5, 0.6) is 0 Å². The second kappa shape index (κ2) is 7.00. The quantitative estimate of drug-likeness (QED) is 0.745. The molecule has 3 aromatic rings. The molecule has 2 aromatic heterocycles. The van der Waals surface area contributed by atoms with E-state index in [0.717, 1.165) is 10.4 Å². The molecule has 1 aromatic carbocycles. The summed E-state index contributed by atoms with van der Waals surface area (Å²) in [5.74, 6) is -1.35. The van der Waals surface area contributed by atoms with Gasteiger partial charge in [-0.1, -0.05) is 30.3 Å². The van der Waals surface area contributed by atoms with Gasteiger partial charge < -0.3 is 14.4 Å². The van der Waals surface area contributed by atoms with Crippen molar-refractivity contribution >= 4 is 23.2 Å². The minimum atomic E-state index is -0.884. The normalized spacial score (nSPS) is 19.4. The topological polar surface area (TPSA) is 83.6 Å². The Morgan fingerprint density at radius 3 is 2.63 bits per heavy atom. The number of carbonyl (C=O) groups excluding carboxylic acids is 1. The summed E-state index contributed by atoms with van der Waals surface area (Å²) < 4.78 is 5.36. The molecule has 4 rings (SSSR count). The van der Waals surface area contributed by atoms with Gasteiger partial charge in [-0.05, 0) is 24.6 Å². The molecule has 0 aliphatic carbocycles. The lowest BCUT2D eigenvalue weighted by atomic mass is 9.89. The Kier molecular flexibility index (Phi) is 4.53. The molecule has 27 heavy (non-hydrogen) atoms. The van der Waals surface area contributed by atoms with E-state index < -0.39 is 11.9 Å². The molecular weight excluding hydrogens is 364 g/mol. The SMILES string of the molecule is Cc1sc(-c2ccco2)nc1C(=O)N1C[C@H](C(=O)O)[C@H](c2ccccc2)C1. The standard InChI is InChI=1S/C20H18N2O4S/c1-12-17(21-18(27-12)16-8-5-9-26-16)19(23)22-10-14(15(11-22)20(24)25)13-6-3-2-4-7-13/h2-9,14-15H,10-11H2,1H3,(H,24,25)/t14-,15-/m0/s1. The zero-order chi connectivity index (χ0) is 19.0. The van der Waals surface area contributed by atoms with Crippen LogP contribution in [0, 0.1) is 12.8 Å². The molecular formula is C20H18N2O4S. The molecule has 1 fully saturated rings. The lowest BCUT2D eigenvalue weighted by Crippen LogP contribution is -2.30. The van der Waals surface area contributed by atoms with Crippen LogP contribution in [0.2, 0.25) is 0 Å². The first-order chi connectivity index (χ1) is 13.0. The number of nitrogens with zero attached hydrogens (tertiary/aromatic N) is 2. The number of carboxylic acids is 1. The smallest absolute Gasteiger partial charge is 0.308 e. The van der Waals surface area contributed by atoms with Gasteiger partial charge in [0, 0.05) is 23.9 Å². The van der Waals surface area contributed by atoms with E-state index in [-0.39, 0.29) is 18.4 Å². The highest BCUT2D eigenvalue weighted by Gasteiger charge is 2.41. The van der Waals surface area contributed by atoms with Crippen molar-refractivity contribution in [3.05, 3.63) is 64.9 Å². The van der Waals surface area contributed by atoms with E-state index in [4.69, 9.17) is 4.42 Å². The van der Waals surface area contributed by atoms with Gasteiger partial charge >= 0.3 is 5.97 Å². The number of carbonyl (C=O) groups is 2. The van der Waals surface area contributed by atoms with Crippen LogP contribution in [0.3, 0.4) is 0 Å². The van der Waals surface area contributed by atoms with E-state index >= 15 is 0 Å². The Balaban J connectivity index is 1.60. The zero-order valence-corrected chi connectivity index (χ0v) is 15.5. The zero-order valence-electron chi connectivity index (χ0n) is 14.7. The summed E-state index contributed by atoms with van der Waals surface area (Å²) in [6, 6.07) is 13.1. The molecule has 7 heteroatoms. The molecule has 3 heterocycles. The van der Waals surface area contributed by atoms with Crippen molar-refractivity contribution in [1.82, 2.24) is 9.88 Å². The first-order valence-electron chi connectivity index (χ1n) is 8.63. The van der Waals surface area contributed by atoms with Gasteiger partial charge in [0.1, 0.15) is 5.69 Å². The fourth-order valence-corrected chi connectivity index (χ4v) is 4.38. The highest BCUT2D eigenvalue weighted by molar-refractivity contribution is 7.15. The lowest BCUT2D eigenvalue weighted by Gasteiger charge is -2.16. The summed E-state index contributed by atoms with van der Waals surface area (Å²) in [4.78, 5) is 31.6. The number of benzene rings is 1. The third-order valence-corrected chi connectivity index (χ3v) is 5.87. The van der Waals surface area contributed by atoms with Gasteiger partial charge in [0.15, 0.2) is 10.8 Å². The fraction of sp³-hybridized carbons (Fsp3) is 0.250. The Labute approximate surface area is 160 Å². The summed E-state index contributed by atoms with van der Waals surface area (Å²) >= 11 is 1.39. The predicted octanol–water partition coefficient (Wildman–Crippen LogP) is 3.65. The van der Waals surface area contributed by atoms with E-state index in [0.29, 0.717) is 23.0 Å². The molecule has 1 aliphatic heterocycles. The minimum absolute atomic E-state index is 0.181. The molecule has 1 N–H and O–H groups in total. The first-order valence-corrected chi connectivity index (χ1v) is 9.44. The van der Waals surface area contributed by atoms with E-state index in [9.17, 15) is 14.7 Å². The molecule has 0 unspecified atom stereocenters. The fourth-order valence-electron chi connectivity index (χ4n) is 3.51. The van der Waals surface area contributed by atoms with E-state index in [1.807, 2.05) is 37.3 Å². The molecule has 138 valence electrons. The number of likely N-dealkylation sites (tertiary alicyclic amines) is 1. The highest BCUT2D eigenvalue weighted by atomic mass is 32.1. The molecule has 6 nitrogen and oxygen atoms in total. The summed E-state index contributed by atoms with van der Waals surface area (Å²) in [6.07, 6.45) is 1.57. The number of amides is 1. The maximum absolute atomic E-state index is 13.0. The highest BCUT2D eigenvalue weighted by Crippen LogP contribution is 2.35. The summed E-state index contributed by atoms with van der Waals surface area (Å²) in [5, 5.41) is 10.3. The Hall–Kier alpha value is -2.93. The van der Waals surface area contributed by atoms with Gasteiger partial charge in [0.05, 0.1) is 12.2 Å². The summed E-state index contributed by atoms with van der Waals surface area (Å²) in [5.41, 5.74) is 1.30. The van der Waals surface area contributed by atoms with Gasteiger partial charge in [-0.25, -0.2) is 4.98 Å². The average molecular weight is 382 g/mol. The van der Waals surface area contributed by atoms with Crippen LogP contribution < -0.4 is 0 Å². The monoisotopic (exact) mass is 382 g/mol. The molecule has 0 radical (unpaired) electrons. The van der Waals surface area contributed by atoms with Crippen molar-refractivity contribution < 1.29 is 19.1 Å². The third-order valence-electron chi connectivity index (χ3n) is 4.88. The average Bonchev–Trinajstić information content (AvgIpc) is 3.41. The molecule has 1 saturated heterocycles. The molecule has 0 spiro atoms. The number of aromatic nitrogens is 1. The number of thiazole rings is 1. The van der Waals surface area contributed by atoms with Crippen molar-refractivity contribution in [3.63, 3.8) is 0 Å². The van der Waals surface area contributed by atoms with Crippen molar-refractivity contribution in [3.8, 4) is 10.8 Å². The molecule has 1 aliphatic rings. The second-order valence-electron chi connectivity index (χ2n) is 6.57. The van der Waals surface area contributed by atoms with Gasteiger partial charge in [-0.3, -0.25) is 9.59 Å². The number of carboxylic acid groups (broad SMARTS) is 1. The van der Waals surface area contributed by atoms with Gasteiger partial charge in [-0.15, -0.1) is 11.3 Å². The molecule has 0 bridgehead atoms. The third kappa shape index (κ3) is 3.26. The minimum Gasteiger partial charge on any atom is -0.481 e. The van der Waals surface area contributed by atoms with E-state index in [2.05, 4.69) is 4.98 Å². The van der Waals surface area contributed by atoms with Crippen LogP contribution in [0.4, 0.5) is 0 Å². The van der Waals surface area contributed by atoms with Crippen molar-refractivity contribution in [2.75, 3.05) is 13.1 Å². The van der Waals surface area contributed by atoms with Gasteiger partial charge in [0.25, 0.3) is 5.91 Å². The summed E-state index contributed by atoms with van der Waals surface area (Å²) in [6.45, 7) is 2.39. The van der Waals surface area contributed by atoms with Crippen molar-refractivity contribution in [2.24, 2.45) is 5.92 Å². The molecule has 2 atom stereocenters. The van der Waals surface area contributed by atoms with Crippen LogP contribution in [-0.4, -0.2) is 40.0 Å². The van der Waals surface area contributed by atoms with Crippen molar-refractivity contribution in [2.45, 2.75) is 12.8 Å². The number of hydrogen-bond donors (Lipinski definition) is 1. The number of hydrogen-bond acceptors (Lipinski definition) is 5. The molecule has 0 saturated carbocycles. The number of aliphatic carboxylic acids is 1. The van der Waals surface area contributed by atoms with Gasteiger partial charge in [0.2, 0.25) is 0 Å². The number of rotatable bonds is 4. The van der Waals surface area contributed by atoms with Crippen LogP contribution in [0.25, 0.3) is 10.8 Å². The van der Waals surface area contributed by atoms with Crippen LogP contribution in [0.1, 0.15) is 26.8 Å². The van der Waals surface area contributed by atoms with Crippen LogP contribution in [0.15, 0.2) is 53.1 Å². The lowest BCUT2D eigenvalue weighted by molar-refractivity contribution is -0.141. The van der Waals surface area contributed by atoms with E-state index in [1.54, 1.807) is 23.3 Å².